The van der Waals surface area contributed by atoms with E-state index in [4.69, 9.17) is 19.6 Å². The molecule has 0 aliphatic carbocycles. The number of aliphatic hydroxyl groups is 1. The average molecular weight is 382 g/mol. The van der Waals surface area contributed by atoms with Gasteiger partial charge in [-0.1, -0.05) is 12.6 Å². The van der Waals surface area contributed by atoms with Crippen molar-refractivity contribution in [2.75, 3.05) is 20.8 Å². The molecule has 0 aliphatic heterocycles. The zero-order valence-electron chi connectivity index (χ0n) is 16.7. The van der Waals surface area contributed by atoms with E-state index in [0.717, 1.165) is 16.8 Å². The van der Waals surface area contributed by atoms with Crippen molar-refractivity contribution in [3.63, 3.8) is 0 Å². The largest absolute Gasteiger partial charge is 0.513 e. The van der Waals surface area contributed by atoms with Crippen molar-refractivity contribution in [2.24, 2.45) is 4.99 Å². The molecule has 148 valence electrons. The van der Waals surface area contributed by atoms with Crippen LogP contribution in [0.1, 0.15) is 34.8 Å². The van der Waals surface area contributed by atoms with E-state index in [9.17, 15) is 4.79 Å². The molecule has 28 heavy (non-hydrogen) atoms. The van der Waals surface area contributed by atoms with E-state index < -0.39 is 0 Å². The molecule has 2 N–H and O–H groups in total. The number of aliphatic hydroxyl groups excluding tert-OH is 1. The number of ether oxygens (including phenoxy) is 2. The van der Waals surface area contributed by atoms with Gasteiger partial charge in [0.2, 0.25) is 0 Å². The summed E-state index contributed by atoms with van der Waals surface area (Å²) in [5.74, 6) is 1.18. The maximum absolute atomic E-state index is 12.3. The van der Waals surface area contributed by atoms with Crippen LogP contribution in [-0.4, -0.2) is 37.5 Å². The fraction of sp³-hybridized carbons (Fsp3) is 0.273. The Morgan fingerprint density at radius 1 is 1.11 bits per heavy atom. The zero-order chi connectivity index (χ0) is 20.7. The second-order valence-electron chi connectivity index (χ2n) is 6.37. The number of benzene rings is 2. The highest BCUT2D eigenvalue weighted by Crippen LogP contribution is 2.26. The van der Waals surface area contributed by atoms with Gasteiger partial charge in [0.15, 0.2) is 0 Å². The van der Waals surface area contributed by atoms with Crippen molar-refractivity contribution in [1.82, 2.24) is 5.32 Å². The SMILES string of the molecule is C=C(O)CCNC(=O)c1ccc(C)c(N=C(C)c2cc(OC)cc(OC)c2)c1. The lowest BCUT2D eigenvalue weighted by atomic mass is 10.1. The third-order valence-electron chi connectivity index (χ3n) is 4.23. The van der Waals surface area contributed by atoms with Gasteiger partial charge >= 0.3 is 0 Å². The van der Waals surface area contributed by atoms with Crippen molar-refractivity contribution in [1.29, 1.82) is 0 Å². The number of aryl methyl sites for hydroxylation is 1. The van der Waals surface area contributed by atoms with Gasteiger partial charge in [-0.2, -0.15) is 0 Å². The van der Waals surface area contributed by atoms with E-state index in [1.54, 1.807) is 32.4 Å². The van der Waals surface area contributed by atoms with Crippen LogP contribution in [0.15, 0.2) is 53.7 Å². The monoisotopic (exact) mass is 382 g/mol. The van der Waals surface area contributed by atoms with E-state index in [0.29, 0.717) is 35.7 Å². The lowest BCUT2D eigenvalue weighted by molar-refractivity contribution is 0.0953. The van der Waals surface area contributed by atoms with Crippen LogP contribution in [-0.2, 0) is 0 Å². The molecule has 2 aromatic carbocycles. The first-order chi connectivity index (χ1) is 13.3. The Morgan fingerprint density at radius 2 is 1.75 bits per heavy atom. The van der Waals surface area contributed by atoms with Gasteiger partial charge in [-0.25, -0.2) is 0 Å². The number of aliphatic imine (C=N–C) groups is 1. The molecule has 0 saturated heterocycles. The number of nitrogens with one attached hydrogen (secondary N) is 1. The minimum absolute atomic E-state index is 0.0406. The molecule has 0 bridgehead atoms. The molecule has 2 rings (SSSR count). The Kier molecular flexibility index (Phi) is 7.21. The van der Waals surface area contributed by atoms with Crippen molar-refractivity contribution in [3.05, 3.63) is 65.4 Å². The predicted molar refractivity (Wildman–Crippen MR) is 111 cm³/mol. The standard InChI is InChI=1S/C22H26N2O4/c1-14-6-7-17(22(26)23-9-8-15(2)25)12-21(14)24-16(3)18-10-19(27-4)13-20(11-18)28-5/h6-7,10-13,25H,2,8-9H2,1,3-5H3,(H,23,26). The van der Waals surface area contributed by atoms with E-state index >= 15 is 0 Å². The smallest absolute Gasteiger partial charge is 0.251 e. The summed E-state index contributed by atoms with van der Waals surface area (Å²) >= 11 is 0. The maximum atomic E-state index is 12.3. The molecule has 0 heterocycles. The van der Waals surface area contributed by atoms with Crippen LogP contribution in [0.3, 0.4) is 0 Å². The first-order valence-electron chi connectivity index (χ1n) is 8.88. The highest BCUT2D eigenvalue weighted by Gasteiger charge is 2.10. The van der Waals surface area contributed by atoms with Gasteiger partial charge < -0.3 is 19.9 Å². The Bertz CT molecular complexity index is 881. The summed E-state index contributed by atoms with van der Waals surface area (Å²) in [6.07, 6.45) is 0.319. The van der Waals surface area contributed by atoms with Crippen LogP contribution < -0.4 is 14.8 Å². The summed E-state index contributed by atoms with van der Waals surface area (Å²) in [4.78, 5) is 17.0. The van der Waals surface area contributed by atoms with E-state index in [1.807, 2.05) is 32.0 Å². The molecule has 1 amide bonds. The van der Waals surface area contributed by atoms with Gasteiger partial charge in [0.25, 0.3) is 5.91 Å². The first kappa shape index (κ1) is 21.0. The molecular formula is C22H26N2O4. The second-order valence-corrected chi connectivity index (χ2v) is 6.37. The molecule has 0 saturated carbocycles. The number of hydrogen-bond acceptors (Lipinski definition) is 5. The molecule has 0 aliphatic rings. The fourth-order valence-corrected chi connectivity index (χ4v) is 2.56. The van der Waals surface area contributed by atoms with E-state index in [1.165, 1.54) is 0 Å². The van der Waals surface area contributed by atoms with Gasteiger partial charge in [0.1, 0.15) is 11.5 Å². The molecule has 0 spiro atoms. The summed E-state index contributed by atoms with van der Waals surface area (Å²) in [6, 6.07) is 10.9. The Labute approximate surface area is 165 Å². The Morgan fingerprint density at radius 3 is 2.32 bits per heavy atom. The molecule has 2 aromatic rings. The highest BCUT2D eigenvalue weighted by atomic mass is 16.5. The van der Waals surface area contributed by atoms with Crippen LogP contribution in [0.5, 0.6) is 11.5 Å². The second kappa shape index (κ2) is 9.60. The summed E-state index contributed by atoms with van der Waals surface area (Å²) in [5.41, 5.74) is 3.80. The number of methoxy groups -OCH3 is 2. The van der Waals surface area contributed by atoms with Crippen molar-refractivity contribution in [3.8, 4) is 11.5 Å². The number of carbonyl (C=O) groups excluding carboxylic acids is 1. The Balaban J connectivity index is 2.29. The van der Waals surface area contributed by atoms with Crippen LogP contribution in [0, 0.1) is 6.92 Å². The van der Waals surface area contributed by atoms with Crippen LogP contribution in [0.4, 0.5) is 5.69 Å². The summed E-state index contributed by atoms with van der Waals surface area (Å²) in [7, 11) is 3.20. The number of hydrogen-bond donors (Lipinski definition) is 2. The highest BCUT2D eigenvalue weighted by molar-refractivity contribution is 6.01. The normalized spacial score (nSPS) is 11.1. The zero-order valence-corrected chi connectivity index (χ0v) is 16.7. The van der Waals surface area contributed by atoms with Gasteiger partial charge in [0.05, 0.1) is 25.7 Å². The number of carbonyl (C=O) groups is 1. The summed E-state index contributed by atoms with van der Waals surface area (Å²) < 4.78 is 10.6. The number of amides is 1. The summed E-state index contributed by atoms with van der Waals surface area (Å²) in [5, 5.41) is 11.9. The third-order valence-corrected chi connectivity index (χ3v) is 4.23. The number of nitrogens with zero attached hydrogens (tertiary/aromatic N) is 1. The fourth-order valence-electron chi connectivity index (χ4n) is 2.56. The molecule has 0 atom stereocenters. The molecule has 0 unspecified atom stereocenters. The third kappa shape index (κ3) is 5.61. The van der Waals surface area contributed by atoms with Gasteiger partial charge in [-0.3, -0.25) is 9.79 Å². The van der Waals surface area contributed by atoms with Crippen molar-refractivity contribution in [2.45, 2.75) is 20.3 Å². The molecule has 0 aromatic heterocycles. The van der Waals surface area contributed by atoms with E-state index in [2.05, 4.69) is 11.9 Å². The van der Waals surface area contributed by atoms with Crippen LogP contribution in [0.2, 0.25) is 0 Å². The molecule has 0 fully saturated rings. The predicted octanol–water partition coefficient (Wildman–Crippen LogP) is 4.34. The van der Waals surface area contributed by atoms with Gasteiger partial charge in [-0.05, 0) is 43.7 Å². The maximum Gasteiger partial charge on any atom is 0.251 e. The average Bonchev–Trinajstić information content (AvgIpc) is 2.68. The lowest BCUT2D eigenvalue weighted by Gasteiger charge is -2.10. The minimum atomic E-state index is -0.224. The lowest BCUT2D eigenvalue weighted by Crippen LogP contribution is -2.24. The van der Waals surface area contributed by atoms with Gasteiger partial charge in [0, 0.05) is 35.9 Å². The van der Waals surface area contributed by atoms with Crippen molar-refractivity contribution >= 4 is 17.3 Å². The minimum Gasteiger partial charge on any atom is -0.513 e. The molecule has 0 radical (unpaired) electrons. The van der Waals surface area contributed by atoms with Crippen LogP contribution >= 0.6 is 0 Å². The molecule has 6 heteroatoms. The Hall–Kier alpha value is -3.28. The summed E-state index contributed by atoms with van der Waals surface area (Å²) in [6.45, 7) is 7.56. The van der Waals surface area contributed by atoms with Crippen molar-refractivity contribution < 1.29 is 19.4 Å². The number of rotatable bonds is 8. The van der Waals surface area contributed by atoms with Crippen LogP contribution in [0.25, 0.3) is 0 Å². The van der Waals surface area contributed by atoms with E-state index in [-0.39, 0.29) is 11.7 Å². The molecular weight excluding hydrogens is 356 g/mol. The quantitative estimate of drug-likeness (QED) is 0.526. The first-order valence-corrected chi connectivity index (χ1v) is 8.88. The molecule has 6 nitrogen and oxygen atoms in total. The van der Waals surface area contributed by atoms with Gasteiger partial charge in [-0.15, -0.1) is 0 Å². The topological polar surface area (TPSA) is 80.2 Å².